The van der Waals surface area contributed by atoms with Crippen molar-refractivity contribution in [1.29, 1.82) is 0 Å². The fraction of sp³-hybridized carbons (Fsp3) is 0.375. The zero-order valence-corrected chi connectivity index (χ0v) is 17.9. The summed E-state index contributed by atoms with van der Waals surface area (Å²) < 4.78 is 5.90. The Labute approximate surface area is 177 Å². The summed E-state index contributed by atoms with van der Waals surface area (Å²) in [5, 5.41) is 14.4. The van der Waals surface area contributed by atoms with Crippen molar-refractivity contribution in [2.24, 2.45) is 0 Å². The molecule has 2 N–H and O–H groups in total. The van der Waals surface area contributed by atoms with Crippen molar-refractivity contribution < 1.29 is 14.3 Å². The number of nitrogens with zero attached hydrogens (tertiary/aromatic N) is 2. The Bertz CT molecular complexity index is 1060. The van der Waals surface area contributed by atoms with Gasteiger partial charge in [-0.05, 0) is 50.2 Å². The topological polar surface area (TPSA) is 69.0 Å². The van der Waals surface area contributed by atoms with Crippen molar-refractivity contribution in [3.63, 3.8) is 0 Å². The average Bonchev–Trinajstić information content (AvgIpc) is 3.07. The first kappa shape index (κ1) is 20.4. The summed E-state index contributed by atoms with van der Waals surface area (Å²) in [7, 11) is 0. The van der Waals surface area contributed by atoms with Crippen LogP contribution in [0.4, 0.5) is 5.69 Å². The molecule has 2 aromatic carbocycles. The van der Waals surface area contributed by atoms with E-state index in [1.54, 1.807) is 19.1 Å². The highest BCUT2D eigenvalue weighted by Crippen LogP contribution is 2.35. The molecule has 0 atom stereocenters. The molecule has 0 saturated carbocycles. The van der Waals surface area contributed by atoms with E-state index in [4.69, 9.17) is 4.42 Å². The van der Waals surface area contributed by atoms with E-state index < -0.39 is 0 Å². The molecule has 6 heteroatoms. The van der Waals surface area contributed by atoms with Crippen LogP contribution in [-0.2, 0) is 6.54 Å². The standard InChI is InChI=1S/C24H29N3O3/c1-4-26-10-12-27(13-11-26)15-19-20(28)8-9-21-23(19)22(17(3)30-21)24(29)25-18-7-5-6-16(2)14-18/h5-9,14,28H,4,10-13,15H2,1-3H3,(H,25,29). The third kappa shape index (κ3) is 4.06. The van der Waals surface area contributed by atoms with Crippen LogP contribution in [0.15, 0.2) is 40.8 Å². The molecule has 3 aromatic rings. The smallest absolute Gasteiger partial charge is 0.259 e. The highest BCUT2D eigenvalue weighted by atomic mass is 16.3. The van der Waals surface area contributed by atoms with Crippen LogP contribution in [0.1, 0.15) is 34.2 Å². The van der Waals surface area contributed by atoms with Crippen molar-refractivity contribution in [2.45, 2.75) is 27.3 Å². The third-order valence-corrected chi connectivity index (χ3v) is 5.91. The first-order valence-corrected chi connectivity index (χ1v) is 10.5. The van der Waals surface area contributed by atoms with Crippen molar-refractivity contribution in [2.75, 3.05) is 38.0 Å². The third-order valence-electron chi connectivity index (χ3n) is 5.91. The number of anilines is 1. The van der Waals surface area contributed by atoms with Gasteiger partial charge in [0.15, 0.2) is 0 Å². The fourth-order valence-electron chi connectivity index (χ4n) is 4.20. The number of aryl methyl sites for hydroxylation is 2. The van der Waals surface area contributed by atoms with Gasteiger partial charge in [-0.15, -0.1) is 0 Å². The van der Waals surface area contributed by atoms with E-state index in [1.807, 2.05) is 31.2 Å². The Kier molecular flexibility index (Phi) is 5.79. The summed E-state index contributed by atoms with van der Waals surface area (Å²) in [6, 6.07) is 11.1. The van der Waals surface area contributed by atoms with Crippen LogP contribution in [0, 0.1) is 13.8 Å². The fourth-order valence-corrected chi connectivity index (χ4v) is 4.20. The number of fused-ring (bicyclic) bond motifs is 1. The lowest BCUT2D eigenvalue weighted by atomic mass is 10.0. The van der Waals surface area contributed by atoms with Crippen LogP contribution >= 0.6 is 0 Å². The van der Waals surface area contributed by atoms with Gasteiger partial charge in [-0.2, -0.15) is 0 Å². The molecule has 4 rings (SSSR count). The lowest BCUT2D eigenvalue weighted by molar-refractivity contribution is 0.102. The lowest BCUT2D eigenvalue weighted by Gasteiger charge is -2.34. The normalized spacial score (nSPS) is 15.6. The number of benzene rings is 2. The van der Waals surface area contributed by atoms with Crippen molar-refractivity contribution in [3.05, 3.63) is 58.8 Å². The second-order valence-electron chi connectivity index (χ2n) is 8.00. The number of carbonyl (C=O) groups is 1. The first-order valence-electron chi connectivity index (χ1n) is 10.5. The summed E-state index contributed by atoms with van der Waals surface area (Å²) in [4.78, 5) is 17.9. The molecule has 1 aromatic heterocycles. The molecule has 158 valence electrons. The van der Waals surface area contributed by atoms with Gasteiger partial charge in [0.1, 0.15) is 17.1 Å². The van der Waals surface area contributed by atoms with Crippen molar-refractivity contribution in [3.8, 4) is 5.75 Å². The van der Waals surface area contributed by atoms with E-state index in [-0.39, 0.29) is 11.7 Å². The summed E-state index contributed by atoms with van der Waals surface area (Å²) in [5.74, 6) is 0.531. The molecule has 1 fully saturated rings. The Morgan fingerprint density at radius 3 is 2.53 bits per heavy atom. The average molecular weight is 408 g/mol. The number of nitrogens with one attached hydrogen (secondary N) is 1. The van der Waals surface area contributed by atoms with Crippen LogP contribution in [0.25, 0.3) is 11.0 Å². The molecular weight excluding hydrogens is 378 g/mol. The second-order valence-corrected chi connectivity index (χ2v) is 8.00. The molecule has 0 aliphatic carbocycles. The van der Waals surface area contributed by atoms with Gasteiger partial charge in [0.2, 0.25) is 0 Å². The summed E-state index contributed by atoms with van der Waals surface area (Å²) in [6.45, 7) is 11.5. The first-order chi connectivity index (χ1) is 14.5. The number of phenolic OH excluding ortho intramolecular Hbond substituents is 1. The minimum Gasteiger partial charge on any atom is -0.508 e. The van der Waals surface area contributed by atoms with Gasteiger partial charge < -0.3 is 19.7 Å². The summed E-state index contributed by atoms with van der Waals surface area (Å²) in [5.41, 5.74) is 3.69. The minimum absolute atomic E-state index is 0.200. The molecule has 1 amide bonds. The van der Waals surface area contributed by atoms with E-state index >= 15 is 0 Å². The molecule has 1 aliphatic rings. The van der Waals surface area contributed by atoms with Gasteiger partial charge >= 0.3 is 0 Å². The van der Waals surface area contributed by atoms with Crippen molar-refractivity contribution in [1.82, 2.24) is 9.80 Å². The van der Waals surface area contributed by atoms with Gasteiger partial charge in [-0.3, -0.25) is 9.69 Å². The number of amides is 1. The van der Waals surface area contributed by atoms with Crippen LogP contribution in [0.5, 0.6) is 5.75 Å². The zero-order chi connectivity index (χ0) is 21.3. The number of phenols is 1. The Morgan fingerprint density at radius 1 is 1.10 bits per heavy atom. The van der Waals surface area contributed by atoms with Crippen LogP contribution in [0.3, 0.4) is 0 Å². The molecule has 1 saturated heterocycles. The number of piperazine rings is 1. The number of hydrogen-bond acceptors (Lipinski definition) is 5. The molecular formula is C24H29N3O3. The number of likely N-dealkylation sites (N-methyl/N-ethyl adjacent to an activating group) is 1. The predicted octanol–water partition coefficient (Wildman–Crippen LogP) is 4.15. The zero-order valence-electron chi connectivity index (χ0n) is 17.9. The molecule has 30 heavy (non-hydrogen) atoms. The molecule has 0 unspecified atom stereocenters. The Hall–Kier alpha value is -2.83. The van der Waals surface area contributed by atoms with Crippen LogP contribution < -0.4 is 5.32 Å². The maximum absolute atomic E-state index is 13.2. The molecule has 1 aliphatic heterocycles. The maximum atomic E-state index is 13.2. The SMILES string of the molecule is CCN1CCN(Cc2c(O)ccc3oc(C)c(C(=O)Nc4cccc(C)c4)c23)CC1. The van der Waals surface area contributed by atoms with Gasteiger partial charge in [-0.1, -0.05) is 19.1 Å². The van der Waals surface area contributed by atoms with E-state index in [0.29, 0.717) is 28.8 Å². The predicted molar refractivity (Wildman–Crippen MR) is 119 cm³/mol. The van der Waals surface area contributed by atoms with E-state index in [0.717, 1.165) is 49.5 Å². The molecule has 0 bridgehead atoms. The Balaban J connectivity index is 1.67. The molecule has 2 heterocycles. The quantitative estimate of drug-likeness (QED) is 0.665. The van der Waals surface area contributed by atoms with Crippen LogP contribution in [0.2, 0.25) is 0 Å². The summed E-state index contributed by atoms with van der Waals surface area (Å²) >= 11 is 0. The number of rotatable bonds is 5. The number of aromatic hydroxyl groups is 1. The van der Waals surface area contributed by atoms with E-state index in [9.17, 15) is 9.90 Å². The second kappa shape index (κ2) is 8.50. The highest BCUT2D eigenvalue weighted by molar-refractivity contribution is 6.14. The Morgan fingerprint density at radius 2 is 1.83 bits per heavy atom. The molecule has 6 nitrogen and oxygen atoms in total. The lowest BCUT2D eigenvalue weighted by Crippen LogP contribution is -2.45. The highest BCUT2D eigenvalue weighted by Gasteiger charge is 2.25. The molecule has 0 radical (unpaired) electrons. The number of furan rings is 1. The number of hydrogen-bond donors (Lipinski definition) is 2. The maximum Gasteiger partial charge on any atom is 0.259 e. The molecule has 0 spiro atoms. The van der Waals surface area contributed by atoms with Gasteiger partial charge in [-0.25, -0.2) is 0 Å². The van der Waals surface area contributed by atoms with Crippen molar-refractivity contribution >= 4 is 22.6 Å². The van der Waals surface area contributed by atoms with Gasteiger partial charge in [0.25, 0.3) is 5.91 Å². The van der Waals surface area contributed by atoms with Gasteiger partial charge in [0, 0.05) is 49.4 Å². The van der Waals surface area contributed by atoms with E-state index in [2.05, 4.69) is 22.0 Å². The minimum atomic E-state index is -0.223. The largest absolute Gasteiger partial charge is 0.508 e. The number of carbonyl (C=O) groups excluding carboxylic acids is 1. The van der Waals surface area contributed by atoms with Gasteiger partial charge in [0.05, 0.1) is 5.56 Å². The van der Waals surface area contributed by atoms with E-state index in [1.165, 1.54) is 0 Å². The monoisotopic (exact) mass is 407 g/mol. The summed E-state index contributed by atoms with van der Waals surface area (Å²) in [6.07, 6.45) is 0. The van der Waals surface area contributed by atoms with Crippen LogP contribution in [-0.4, -0.2) is 53.5 Å².